The fourth-order valence-corrected chi connectivity index (χ4v) is 2.22. The van der Waals surface area contributed by atoms with Gasteiger partial charge in [0.25, 0.3) is 0 Å². The highest BCUT2D eigenvalue weighted by Crippen LogP contribution is 2.23. The van der Waals surface area contributed by atoms with Gasteiger partial charge in [0.1, 0.15) is 11.3 Å². The number of aromatic nitrogens is 3. The van der Waals surface area contributed by atoms with Crippen molar-refractivity contribution in [2.24, 2.45) is 0 Å². The lowest BCUT2D eigenvalue weighted by Gasteiger charge is -2.16. The van der Waals surface area contributed by atoms with Crippen LogP contribution in [0, 0.1) is 6.92 Å². The van der Waals surface area contributed by atoms with Crippen LogP contribution in [0.1, 0.15) is 18.7 Å². The molecule has 0 saturated carbocycles. The lowest BCUT2D eigenvalue weighted by atomic mass is 10.4. The van der Waals surface area contributed by atoms with Crippen molar-refractivity contribution >= 4 is 11.3 Å². The molecule has 0 amide bonds. The van der Waals surface area contributed by atoms with E-state index in [1.54, 1.807) is 0 Å². The van der Waals surface area contributed by atoms with Crippen molar-refractivity contribution in [2.75, 3.05) is 18.0 Å². The first-order valence-electron chi connectivity index (χ1n) is 5.40. The van der Waals surface area contributed by atoms with Gasteiger partial charge in [-0.3, -0.25) is 4.40 Å². The molecule has 1 aliphatic rings. The number of fused-ring (bicyclic) bond motifs is 1. The largest absolute Gasteiger partial charge is 0.355 e. The van der Waals surface area contributed by atoms with Crippen LogP contribution in [-0.2, 0) is 0 Å². The molecule has 15 heavy (non-hydrogen) atoms. The summed E-state index contributed by atoms with van der Waals surface area (Å²) in [6.45, 7) is 4.26. The highest BCUT2D eigenvalue weighted by atomic mass is 15.2. The SMILES string of the molecule is Cc1ncc2c(N3CCCC3)nccn12. The molecule has 3 heterocycles. The molecule has 0 atom stereocenters. The van der Waals surface area contributed by atoms with Crippen LogP contribution in [0.25, 0.3) is 5.52 Å². The van der Waals surface area contributed by atoms with E-state index >= 15 is 0 Å². The van der Waals surface area contributed by atoms with E-state index in [2.05, 4.69) is 19.3 Å². The minimum absolute atomic E-state index is 1.02. The standard InChI is InChI=1S/C11H14N4/c1-9-13-8-10-11(12-4-7-15(9)10)14-5-2-3-6-14/h4,7-8H,2-3,5-6H2,1H3. The monoisotopic (exact) mass is 202 g/mol. The molecule has 0 radical (unpaired) electrons. The Kier molecular flexibility index (Phi) is 1.87. The summed E-state index contributed by atoms with van der Waals surface area (Å²) in [5.41, 5.74) is 1.12. The minimum Gasteiger partial charge on any atom is -0.355 e. The van der Waals surface area contributed by atoms with Crippen molar-refractivity contribution in [2.45, 2.75) is 19.8 Å². The molecule has 4 nitrogen and oxygen atoms in total. The second-order valence-corrected chi connectivity index (χ2v) is 4.01. The molecule has 1 aliphatic heterocycles. The van der Waals surface area contributed by atoms with Gasteiger partial charge in [0, 0.05) is 25.5 Å². The number of hydrogen-bond acceptors (Lipinski definition) is 3. The Hall–Kier alpha value is -1.58. The molecule has 0 spiro atoms. The fourth-order valence-electron chi connectivity index (χ4n) is 2.22. The lowest BCUT2D eigenvalue weighted by molar-refractivity contribution is 0.926. The summed E-state index contributed by atoms with van der Waals surface area (Å²) >= 11 is 0. The van der Waals surface area contributed by atoms with Gasteiger partial charge in [-0.25, -0.2) is 9.97 Å². The van der Waals surface area contributed by atoms with Crippen LogP contribution in [0.5, 0.6) is 0 Å². The van der Waals surface area contributed by atoms with Crippen LogP contribution in [0.15, 0.2) is 18.6 Å². The average Bonchev–Trinajstić information content (AvgIpc) is 2.88. The van der Waals surface area contributed by atoms with Gasteiger partial charge < -0.3 is 4.90 Å². The molecule has 2 aromatic heterocycles. The average molecular weight is 202 g/mol. The molecule has 4 heteroatoms. The predicted octanol–water partition coefficient (Wildman–Crippen LogP) is 1.64. The van der Waals surface area contributed by atoms with E-state index in [9.17, 15) is 0 Å². The van der Waals surface area contributed by atoms with Crippen LogP contribution >= 0.6 is 0 Å². The third kappa shape index (κ3) is 1.28. The fraction of sp³-hybridized carbons (Fsp3) is 0.455. The Morgan fingerprint density at radius 1 is 1.20 bits per heavy atom. The van der Waals surface area contributed by atoms with Crippen molar-refractivity contribution in [1.29, 1.82) is 0 Å². The summed E-state index contributed by atoms with van der Waals surface area (Å²) in [6, 6.07) is 0. The third-order valence-electron chi connectivity index (χ3n) is 3.03. The molecule has 78 valence electrons. The summed E-state index contributed by atoms with van der Waals surface area (Å²) in [7, 11) is 0. The van der Waals surface area contributed by atoms with Crippen LogP contribution < -0.4 is 4.90 Å². The quantitative estimate of drug-likeness (QED) is 0.705. The minimum atomic E-state index is 1.02. The topological polar surface area (TPSA) is 33.4 Å². The van der Waals surface area contributed by atoms with E-state index in [4.69, 9.17) is 0 Å². The van der Waals surface area contributed by atoms with Gasteiger partial charge in [0.15, 0.2) is 5.82 Å². The Morgan fingerprint density at radius 3 is 2.80 bits per heavy atom. The van der Waals surface area contributed by atoms with Crippen molar-refractivity contribution < 1.29 is 0 Å². The lowest BCUT2D eigenvalue weighted by Crippen LogP contribution is -2.19. The molecule has 0 unspecified atom stereocenters. The maximum Gasteiger partial charge on any atom is 0.154 e. The Labute approximate surface area is 88.6 Å². The molecule has 1 saturated heterocycles. The highest BCUT2D eigenvalue weighted by molar-refractivity contribution is 5.68. The van der Waals surface area contributed by atoms with Gasteiger partial charge in [-0.1, -0.05) is 0 Å². The van der Waals surface area contributed by atoms with Crippen molar-refractivity contribution in [3.63, 3.8) is 0 Å². The normalized spacial score (nSPS) is 16.5. The Morgan fingerprint density at radius 2 is 2.00 bits per heavy atom. The van der Waals surface area contributed by atoms with Gasteiger partial charge in [-0.2, -0.15) is 0 Å². The zero-order valence-corrected chi connectivity index (χ0v) is 8.85. The van der Waals surface area contributed by atoms with E-state index in [0.717, 1.165) is 30.2 Å². The van der Waals surface area contributed by atoms with Gasteiger partial charge in [0.2, 0.25) is 0 Å². The van der Waals surface area contributed by atoms with Crippen LogP contribution in [0.2, 0.25) is 0 Å². The van der Waals surface area contributed by atoms with E-state index < -0.39 is 0 Å². The number of imidazole rings is 1. The molecule has 2 aromatic rings. The van der Waals surface area contributed by atoms with Crippen LogP contribution in [0.4, 0.5) is 5.82 Å². The first kappa shape index (κ1) is 8.71. The molecule has 3 rings (SSSR count). The first-order chi connectivity index (χ1) is 7.36. The predicted molar refractivity (Wildman–Crippen MR) is 59.2 cm³/mol. The van der Waals surface area contributed by atoms with Gasteiger partial charge in [0.05, 0.1) is 6.20 Å². The molecule has 0 aliphatic carbocycles. The van der Waals surface area contributed by atoms with E-state index in [1.165, 1.54) is 12.8 Å². The molecule has 1 fully saturated rings. The number of hydrogen-bond donors (Lipinski definition) is 0. The van der Waals surface area contributed by atoms with Crippen molar-refractivity contribution in [3.05, 3.63) is 24.4 Å². The number of aryl methyl sites for hydroxylation is 1. The maximum atomic E-state index is 4.47. The molecular weight excluding hydrogens is 188 g/mol. The number of rotatable bonds is 1. The second kappa shape index (κ2) is 3.22. The summed E-state index contributed by atoms with van der Waals surface area (Å²) in [4.78, 5) is 11.1. The Balaban J connectivity index is 2.17. The number of nitrogens with zero attached hydrogens (tertiary/aromatic N) is 4. The first-order valence-corrected chi connectivity index (χ1v) is 5.40. The van der Waals surface area contributed by atoms with Crippen molar-refractivity contribution in [3.8, 4) is 0 Å². The second-order valence-electron chi connectivity index (χ2n) is 4.01. The number of anilines is 1. The third-order valence-corrected chi connectivity index (χ3v) is 3.03. The zero-order valence-electron chi connectivity index (χ0n) is 8.85. The molecule has 0 aromatic carbocycles. The van der Waals surface area contributed by atoms with Crippen molar-refractivity contribution in [1.82, 2.24) is 14.4 Å². The maximum absolute atomic E-state index is 4.47. The smallest absolute Gasteiger partial charge is 0.154 e. The van der Waals surface area contributed by atoms with Gasteiger partial charge >= 0.3 is 0 Å². The van der Waals surface area contributed by atoms with Crippen LogP contribution in [-0.4, -0.2) is 27.5 Å². The summed E-state index contributed by atoms with van der Waals surface area (Å²) < 4.78 is 2.10. The highest BCUT2D eigenvalue weighted by Gasteiger charge is 2.16. The van der Waals surface area contributed by atoms with Gasteiger partial charge in [-0.05, 0) is 19.8 Å². The van der Waals surface area contributed by atoms with E-state index in [0.29, 0.717) is 0 Å². The summed E-state index contributed by atoms with van der Waals surface area (Å²) in [5, 5.41) is 0. The van der Waals surface area contributed by atoms with E-state index in [1.807, 2.05) is 25.5 Å². The zero-order chi connectivity index (χ0) is 10.3. The molecule has 0 bridgehead atoms. The van der Waals surface area contributed by atoms with E-state index in [-0.39, 0.29) is 0 Å². The summed E-state index contributed by atoms with van der Waals surface area (Å²) in [6.07, 6.45) is 8.29. The summed E-state index contributed by atoms with van der Waals surface area (Å²) in [5.74, 6) is 2.10. The molecular formula is C11H14N4. The van der Waals surface area contributed by atoms with Gasteiger partial charge in [-0.15, -0.1) is 0 Å². The molecule has 0 N–H and O–H groups in total. The van der Waals surface area contributed by atoms with Crippen LogP contribution in [0.3, 0.4) is 0 Å². The Bertz CT molecular complexity index is 482.